The number of amides is 2. The molecule has 0 saturated carbocycles. The molecule has 0 aromatic heterocycles. The molecule has 8 heteroatoms. The van der Waals surface area contributed by atoms with Crippen LogP contribution in [0.4, 0.5) is 0 Å². The number of nitrogens with zero attached hydrogens (tertiary/aromatic N) is 1. The van der Waals surface area contributed by atoms with Gasteiger partial charge in [-0.05, 0) is 57.7 Å². The Morgan fingerprint density at radius 1 is 1.03 bits per heavy atom. The predicted octanol–water partition coefficient (Wildman–Crippen LogP) is 6.62. The third-order valence-electron chi connectivity index (χ3n) is 5.50. The Hall–Kier alpha value is -2.28. The highest BCUT2D eigenvalue weighted by molar-refractivity contribution is 9.10. The number of carbonyl (C=O) groups excluding carboxylic acids is 2. The van der Waals surface area contributed by atoms with Gasteiger partial charge in [-0.2, -0.15) is 0 Å². The van der Waals surface area contributed by atoms with Crippen molar-refractivity contribution in [3.05, 3.63) is 74.7 Å². The molecule has 0 radical (unpaired) electrons. The van der Waals surface area contributed by atoms with Gasteiger partial charge in [0.05, 0.1) is 4.47 Å². The largest absolute Gasteiger partial charge is 0.483 e. The van der Waals surface area contributed by atoms with E-state index in [-0.39, 0.29) is 25.0 Å². The molecule has 0 saturated heterocycles. The maximum Gasteiger partial charge on any atom is 0.261 e. The Labute approximate surface area is 218 Å². The number of nitrogens with one attached hydrogen (secondary N) is 1. The summed E-state index contributed by atoms with van der Waals surface area (Å²) in [4.78, 5) is 27.8. The van der Waals surface area contributed by atoms with E-state index in [0.717, 1.165) is 21.7 Å². The topological polar surface area (TPSA) is 58.6 Å². The van der Waals surface area contributed by atoms with Gasteiger partial charge in [0, 0.05) is 28.7 Å². The average Bonchev–Trinajstić information content (AvgIpc) is 2.84. The van der Waals surface area contributed by atoms with Gasteiger partial charge in [-0.15, -0.1) is 0 Å². The van der Waals surface area contributed by atoms with Crippen LogP contribution in [0.25, 0.3) is 10.8 Å². The maximum atomic E-state index is 13.4. The smallest absolute Gasteiger partial charge is 0.261 e. The molecule has 180 valence electrons. The quantitative estimate of drug-likeness (QED) is 0.300. The lowest BCUT2D eigenvalue weighted by Crippen LogP contribution is -2.50. The van der Waals surface area contributed by atoms with Gasteiger partial charge in [0.2, 0.25) is 5.91 Å². The first-order chi connectivity index (χ1) is 16.4. The lowest BCUT2D eigenvalue weighted by atomic mass is 10.1. The van der Waals surface area contributed by atoms with Crippen LogP contribution in [0, 0.1) is 0 Å². The highest BCUT2D eigenvalue weighted by atomic mass is 79.9. The van der Waals surface area contributed by atoms with Crippen LogP contribution in [-0.2, 0) is 16.1 Å². The van der Waals surface area contributed by atoms with Gasteiger partial charge in [0.25, 0.3) is 5.91 Å². The molecule has 3 aromatic carbocycles. The molecule has 0 fully saturated rings. The Bertz CT molecular complexity index is 1150. The monoisotopic (exact) mass is 564 g/mol. The third-order valence-corrected chi connectivity index (χ3v) is 7.03. The van der Waals surface area contributed by atoms with Crippen molar-refractivity contribution in [2.75, 3.05) is 13.2 Å². The van der Waals surface area contributed by atoms with E-state index < -0.39 is 6.04 Å². The molecule has 0 aliphatic rings. The zero-order chi connectivity index (χ0) is 24.7. The van der Waals surface area contributed by atoms with E-state index in [1.54, 1.807) is 18.2 Å². The first-order valence-corrected chi connectivity index (χ1v) is 12.7. The minimum atomic E-state index is -0.685. The molecule has 3 rings (SSSR count). The fraction of sp³-hybridized carbons (Fsp3) is 0.308. The number of ether oxygens (including phenoxy) is 1. The Kier molecular flexibility index (Phi) is 9.63. The van der Waals surface area contributed by atoms with Gasteiger partial charge >= 0.3 is 0 Å². The Morgan fingerprint density at radius 3 is 2.41 bits per heavy atom. The van der Waals surface area contributed by atoms with Crippen molar-refractivity contribution in [1.82, 2.24) is 10.2 Å². The van der Waals surface area contributed by atoms with Crippen molar-refractivity contribution in [3.63, 3.8) is 0 Å². The van der Waals surface area contributed by atoms with E-state index in [1.807, 2.05) is 50.2 Å². The first kappa shape index (κ1) is 26.3. The highest BCUT2D eigenvalue weighted by Crippen LogP contribution is 2.33. The number of fused-ring (bicyclic) bond motifs is 1. The summed E-state index contributed by atoms with van der Waals surface area (Å²) >= 11 is 16.3. The van der Waals surface area contributed by atoms with E-state index in [2.05, 4.69) is 21.2 Å². The van der Waals surface area contributed by atoms with Crippen molar-refractivity contribution in [1.29, 1.82) is 0 Å². The van der Waals surface area contributed by atoms with Crippen LogP contribution in [0.2, 0.25) is 10.0 Å². The molecule has 5 nitrogen and oxygen atoms in total. The third kappa shape index (κ3) is 6.23. The summed E-state index contributed by atoms with van der Waals surface area (Å²) in [6, 6.07) is 16.1. The van der Waals surface area contributed by atoms with Gasteiger partial charge in [0.1, 0.15) is 11.8 Å². The maximum absolute atomic E-state index is 13.4. The first-order valence-electron chi connectivity index (χ1n) is 11.2. The van der Waals surface area contributed by atoms with Crippen LogP contribution in [0.1, 0.15) is 32.3 Å². The zero-order valence-electron chi connectivity index (χ0n) is 19.1. The second kappa shape index (κ2) is 12.4. The second-order valence-corrected chi connectivity index (χ2v) is 9.43. The van der Waals surface area contributed by atoms with E-state index in [4.69, 9.17) is 27.9 Å². The molecular formula is C26H27BrCl2N2O3. The summed E-state index contributed by atoms with van der Waals surface area (Å²) in [5, 5.41) is 5.81. The number of hydrogen-bond acceptors (Lipinski definition) is 3. The summed E-state index contributed by atoms with van der Waals surface area (Å²) in [7, 11) is 0. The number of rotatable bonds is 10. The molecule has 1 N–H and O–H groups in total. The zero-order valence-corrected chi connectivity index (χ0v) is 22.2. The number of hydrogen-bond donors (Lipinski definition) is 1. The number of halogens is 3. The minimum absolute atomic E-state index is 0.0949. The molecule has 3 aromatic rings. The van der Waals surface area contributed by atoms with Crippen molar-refractivity contribution in [2.45, 2.75) is 39.3 Å². The van der Waals surface area contributed by atoms with Gasteiger partial charge in [-0.25, -0.2) is 0 Å². The number of benzene rings is 3. The van der Waals surface area contributed by atoms with Crippen molar-refractivity contribution in [2.24, 2.45) is 0 Å². The van der Waals surface area contributed by atoms with Gasteiger partial charge in [-0.3, -0.25) is 9.59 Å². The molecule has 0 bridgehead atoms. The molecule has 1 atom stereocenters. The van der Waals surface area contributed by atoms with Gasteiger partial charge in [0.15, 0.2) is 6.61 Å². The molecule has 0 aliphatic carbocycles. The fourth-order valence-electron chi connectivity index (χ4n) is 3.69. The predicted molar refractivity (Wildman–Crippen MR) is 142 cm³/mol. The number of carbonyl (C=O) groups is 2. The average molecular weight is 566 g/mol. The molecule has 0 aliphatic heterocycles. The van der Waals surface area contributed by atoms with Crippen LogP contribution >= 0.6 is 39.1 Å². The SMILES string of the molecule is CCCNC(=O)[C@@H](CC)N(Cc1c(Cl)cccc1Cl)C(=O)COc1ccc2ccccc2c1Br. The standard InChI is InChI=1S/C26H27BrCl2N2O3/c1-3-14-30-26(33)22(4-2)31(15-19-20(28)10-7-11-21(19)29)24(32)16-34-23-13-12-17-8-5-6-9-18(17)25(23)27/h5-13,22H,3-4,14-16H2,1-2H3,(H,30,33)/t22-/m1/s1. The van der Waals surface area contributed by atoms with Crippen molar-refractivity contribution >= 4 is 61.7 Å². The lowest BCUT2D eigenvalue weighted by Gasteiger charge is -2.31. The molecule has 2 amide bonds. The molecule has 0 heterocycles. The lowest BCUT2D eigenvalue weighted by molar-refractivity contribution is -0.143. The summed E-state index contributed by atoms with van der Waals surface area (Å²) < 4.78 is 6.68. The molecular weight excluding hydrogens is 539 g/mol. The minimum Gasteiger partial charge on any atom is -0.483 e. The second-order valence-electron chi connectivity index (χ2n) is 7.82. The molecule has 0 spiro atoms. The van der Waals surface area contributed by atoms with Crippen molar-refractivity contribution in [3.8, 4) is 5.75 Å². The summed E-state index contributed by atoms with van der Waals surface area (Å²) in [6.07, 6.45) is 1.23. The van der Waals surface area contributed by atoms with Crippen LogP contribution in [0.15, 0.2) is 59.1 Å². The summed E-state index contributed by atoms with van der Waals surface area (Å²) in [5.74, 6) is -0.00596. The van der Waals surface area contributed by atoms with E-state index in [1.165, 1.54) is 4.90 Å². The molecule has 34 heavy (non-hydrogen) atoms. The van der Waals surface area contributed by atoms with Crippen LogP contribution in [0.5, 0.6) is 5.75 Å². The normalized spacial score (nSPS) is 11.8. The Morgan fingerprint density at radius 2 is 1.74 bits per heavy atom. The Balaban J connectivity index is 1.86. The van der Waals surface area contributed by atoms with Crippen LogP contribution < -0.4 is 10.1 Å². The van der Waals surface area contributed by atoms with Crippen LogP contribution in [0.3, 0.4) is 0 Å². The summed E-state index contributed by atoms with van der Waals surface area (Å²) in [6.45, 7) is 4.23. The molecule has 0 unspecified atom stereocenters. The van der Waals surface area contributed by atoms with Crippen LogP contribution in [-0.4, -0.2) is 35.9 Å². The van der Waals surface area contributed by atoms with E-state index in [0.29, 0.717) is 34.3 Å². The van der Waals surface area contributed by atoms with E-state index >= 15 is 0 Å². The fourth-order valence-corrected chi connectivity index (χ4v) is 4.81. The van der Waals surface area contributed by atoms with Gasteiger partial charge in [-0.1, -0.05) is 73.4 Å². The van der Waals surface area contributed by atoms with Crippen molar-refractivity contribution < 1.29 is 14.3 Å². The highest BCUT2D eigenvalue weighted by Gasteiger charge is 2.30. The van der Waals surface area contributed by atoms with Gasteiger partial charge < -0.3 is 15.0 Å². The summed E-state index contributed by atoms with van der Waals surface area (Å²) in [5.41, 5.74) is 0.591. The van der Waals surface area contributed by atoms with E-state index in [9.17, 15) is 9.59 Å².